The molecular weight excluding hydrogens is 362 g/mol. The third kappa shape index (κ3) is 18.7. The summed E-state index contributed by atoms with van der Waals surface area (Å²) in [4.78, 5) is 22.5. The van der Waals surface area contributed by atoms with Crippen molar-refractivity contribution in [2.75, 3.05) is 38.3 Å². The summed E-state index contributed by atoms with van der Waals surface area (Å²) in [6, 6.07) is 0. The molecule has 4 N–H and O–H groups in total. The molecule has 0 unspecified atom stereocenters. The summed E-state index contributed by atoms with van der Waals surface area (Å²) in [6.07, 6.45) is 8.62. The average Bonchev–Trinajstić information content (AvgIpc) is 2.62. The van der Waals surface area contributed by atoms with Crippen molar-refractivity contribution in [1.82, 2.24) is 10.6 Å². The first-order valence-electron chi connectivity index (χ1n) is 8.15. The molecule has 0 aliphatic rings. The Bertz CT molecular complexity index is 407. The molecule has 0 heterocycles. The number of hydrogen-bond acceptors (Lipinski definition) is 8. The highest BCUT2D eigenvalue weighted by Crippen LogP contribution is 2.19. The maximum absolute atomic E-state index is 11.6. The fourth-order valence-corrected chi connectivity index (χ4v) is 3.35. The SMILES string of the molecule is COC(=O)CCCCOC=CCC(=O)NCCSSCCNC=CN. The van der Waals surface area contributed by atoms with Gasteiger partial charge in [-0.3, -0.25) is 9.59 Å². The number of esters is 1. The second kappa shape index (κ2) is 18.9. The topological polar surface area (TPSA) is 103 Å². The van der Waals surface area contributed by atoms with Crippen molar-refractivity contribution in [2.45, 2.75) is 25.7 Å². The molecule has 7 nitrogen and oxygen atoms in total. The number of ether oxygens (including phenoxy) is 2. The van der Waals surface area contributed by atoms with Crippen LogP contribution in [0.2, 0.25) is 0 Å². The van der Waals surface area contributed by atoms with Gasteiger partial charge in [0.05, 0.1) is 20.0 Å². The van der Waals surface area contributed by atoms with Gasteiger partial charge in [0, 0.05) is 49.8 Å². The van der Waals surface area contributed by atoms with Gasteiger partial charge >= 0.3 is 5.97 Å². The van der Waals surface area contributed by atoms with Crippen LogP contribution < -0.4 is 16.4 Å². The zero-order valence-electron chi connectivity index (χ0n) is 14.7. The average molecular weight is 392 g/mol. The van der Waals surface area contributed by atoms with Gasteiger partial charge in [-0.05, 0) is 18.9 Å². The summed E-state index contributed by atoms with van der Waals surface area (Å²) >= 11 is 0. The first kappa shape index (κ1) is 23.5. The summed E-state index contributed by atoms with van der Waals surface area (Å²) in [5.41, 5.74) is 5.20. The fraction of sp³-hybridized carbons (Fsp3) is 0.625. The first-order chi connectivity index (χ1) is 12.2. The molecule has 0 aromatic rings. The Kier molecular flexibility index (Phi) is 17.7. The number of carbonyl (C=O) groups excluding carboxylic acids is 2. The van der Waals surface area contributed by atoms with Gasteiger partial charge < -0.3 is 25.8 Å². The van der Waals surface area contributed by atoms with Crippen LogP contribution in [0, 0.1) is 0 Å². The summed E-state index contributed by atoms with van der Waals surface area (Å²) in [5.74, 6) is 1.61. The molecule has 0 saturated carbocycles. The lowest BCUT2D eigenvalue weighted by Gasteiger charge is -2.04. The summed E-state index contributed by atoms with van der Waals surface area (Å²) in [7, 11) is 4.86. The van der Waals surface area contributed by atoms with E-state index in [0.717, 1.165) is 30.9 Å². The molecule has 0 aromatic carbocycles. The Morgan fingerprint density at radius 3 is 2.64 bits per heavy atom. The van der Waals surface area contributed by atoms with Crippen LogP contribution >= 0.6 is 21.6 Å². The Hall–Kier alpha value is -1.48. The highest BCUT2D eigenvalue weighted by molar-refractivity contribution is 8.76. The molecule has 25 heavy (non-hydrogen) atoms. The van der Waals surface area contributed by atoms with Gasteiger partial charge in [0.2, 0.25) is 5.91 Å². The predicted molar refractivity (Wildman–Crippen MR) is 105 cm³/mol. The quantitative estimate of drug-likeness (QED) is 0.158. The van der Waals surface area contributed by atoms with Crippen molar-refractivity contribution in [1.29, 1.82) is 0 Å². The number of hydrogen-bond donors (Lipinski definition) is 3. The van der Waals surface area contributed by atoms with Gasteiger partial charge in [0.15, 0.2) is 0 Å². The zero-order chi connectivity index (χ0) is 18.6. The predicted octanol–water partition coefficient (Wildman–Crippen LogP) is 1.77. The largest absolute Gasteiger partial charge is 0.502 e. The van der Waals surface area contributed by atoms with Gasteiger partial charge in [-0.2, -0.15) is 0 Å². The molecule has 0 bridgehead atoms. The van der Waals surface area contributed by atoms with Crippen molar-refractivity contribution in [2.24, 2.45) is 5.73 Å². The standard InChI is InChI=1S/C16H29N3O4S2/c1-22-16(21)6-2-3-11-23-12-4-5-15(20)19-10-14-25-24-13-9-18-8-7-17/h4,7-8,12,18H,2-3,5-6,9-11,13-14,17H2,1H3,(H,19,20). The van der Waals surface area contributed by atoms with Crippen LogP contribution in [-0.4, -0.2) is 50.2 Å². The number of carbonyl (C=O) groups is 2. The van der Waals surface area contributed by atoms with Crippen molar-refractivity contribution in [3.05, 3.63) is 24.7 Å². The van der Waals surface area contributed by atoms with Crippen LogP contribution in [0.15, 0.2) is 24.7 Å². The van der Waals surface area contributed by atoms with Crippen molar-refractivity contribution >= 4 is 33.5 Å². The first-order valence-corrected chi connectivity index (χ1v) is 10.6. The molecule has 144 valence electrons. The van der Waals surface area contributed by atoms with E-state index in [9.17, 15) is 9.59 Å². The van der Waals surface area contributed by atoms with Crippen LogP contribution in [0.5, 0.6) is 0 Å². The number of amides is 1. The summed E-state index contributed by atoms with van der Waals surface area (Å²) in [5, 5.41) is 5.90. The molecule has 9 heteroatoms. The molecule has 0 aromatic heterocycles. The monoisotopic (exact) mass is 391 g/mol. The van der Waals surface area contributed by atoms with Crippen LogP contribution in [0.25, 0.3) is 0 Å². The van der Waals surface area contributed by atoms with E-state index in [1.165, 1.54) is 19.6 Å². The number of rotatable bonds is 16. The maximum atomic E-state index is 11.6. The van der Waals surface area contributed by atoms with Crippen LogP contribution in [0.4, 0.5) is 0 Å². The lowest BCUT2D eigenvalue weighted by molar-refractivity contribution is -0.140. The molecule has 0 fully saturated rings. The maximum Gasteiger partial charge on any atom is 0.305 e. The molecule has 0 aliphatic heterocycles. The lowest BCUT2D eigenvalue weighted by atomic mass is 10.2. The van der Waals surface area contributed by atoms with Gasteiger partial charge in [0.25, 0.3) is 0 Å². The number of nitrogens with two attached hydrogens (primary N) is 1. The highest BCUT2D eigenvalue weighted by Gasteiger charge is 1.99. The van der Waals surface area contributed by atoms with Crippen LogP contribution in [0.1, 0.15) is 25.7 Å². The Balaban J connectivity index is 3.33. The molecule has 0 saturated heterocycles. The van der Waals surface area contributed by atoms with E-state index in [-0.39, 0.29) is 11.9 Å². The molecule has 0 radical (unpaired) electrons. The van der Waals surface area contributed by atoms with E-state index < -0.39 is 0 Å². The lowest BCUT2D eigenvalue weighted by Crippen LogP contribution is -2.24. The minimum Gasteiger partial charge on any atom is -0.502 e. The number of methoxy groups -OCH3 is 1. The van der Waals surface area contributed by atoms with Gasteiger partial charge in [-0.15, -0.1) is 0 Å². The zero-order valence-corrected chi connectivity index (χ0v) is 16.3. The van der Waals surface area contributed by atoms with Crippen molar-refractivity contribution in [3.8, 4) is 0 Å². The molecule has 1 amide bonds. The molecule has 0 spiro atoms. The minimum atomic E-state index is -0.204. The third-order valence-electron chi connectivity index (χ3n) is 2.75. The molecule has 0 aliphatic carbocycles. The summed E-state index contributed by atoms with van der Waals surface area (Å²) < 4.78 is 9.80. The fourth-order valence-electron chi connectivity index (χ4n) is 1.52. The minimum absolute atomic E-state index is 0.0223. The van der Waals surface area contributed by atoms with Gasteiger partial charge in [0.1, 0.15) is 0 Å². The smallest absolute Gasteiger partial charge is 0.305 e. The van der Waals surface area contributed by atoms with E-state index in [2.05, 4.69) is 15.4 Å². The highest BCUT2D eigenvalue weighted by atomic mass is 33.1. The van der Waals surface area contributed by atoms with Crippen LogP contribution in [-0.2, 0) is 19.1 Å². The Morgan fingerprint density at radius 1 is 1.16 bits per heavy atom. The van der Waals surface area contributed by atoms with E-state index in [4.69, 9.17) is 10.5 Å². The van der Waals surface area contributed by atoms with E-state index in [1.807, 2.05) is 0 Å². The normalized spacial score (nSPS) is 10.9. The van der Waals surface area contributed by atoms with E-state index >= 15 is 0 Å². The Labute approximate surface area is 157 Å². The molecule has 0 atom stereocenters. The molecule has 0 rings (SSSR count). The number of nitrogens with one attached hydrogen (secondary N) is 2. The van der Waals surface area contributed by atoms with Crippen molar-refractivity contribution < 1.29 is 19.1 Å². The van der Waals surface area contributed by atoms with Gasteiger partial charge in [-0.25, -0.2) is 0 Å². The van der Waals surface area contributed by atoms with E-state index in [0.29, 0.717) is 26.0 Å². The summed E-state index contributed by atoms with van der Waals surface area (Å²) in [6.45, 7) is 2.04. The van der Waals surface area contributed by atoms with E-state index in [1.54, 1.807) is 33.9 Å². The van der Waals surface area contributed by atoms with Gasteiger partial charge in [-0.1, -0.05) is 21.6 Å². The third-order valence-corrected chi connectivity index (χ3v) is 5.16. The second-order valence-electron chi connectivity index (χ2n) is 4.79. The van der Waals surface area contributed by atoms with Crippen LogP contribution in [0.3, 0.4) is 0 Å². The Morgan fingerprint density at radius 2 is 1.92 bits per heavy atom. The second-order valence-corrected chi connectivity index (χ2v) is 7.49. The van der Waals surface area contributed by atoms with Crippen molar-refractivity contribution in [3.63, 3.8) is 0 Å². The molecular formula is C16H29N3O4S2. The number of unbranched alkanes of at least 4 members (excludes halogenated alkanes) is 1.